The number of aromatic nitrogens is 1. The van der Waals surface area contributed by atoms with Gasteiger partial charge in [0, 0.05) is 17.0 Å². The average Bonchev–Trinajstić information content (AvgIpc) is 3.66. The van der Waals surface area contributed by atoms with Crippen LogP contribution in [0.15, 0.2) is 70.1 Å². The van der Waals surface area contributed by atoms with Crippen LogP contribution in [0.4, 0.5) is 0 Å². The third-order valence-corrected chi connectivity index (χ3v) is 9.13. The summed E-state index contributed by atoms with van der Waals surface area (Å²) in [5.74, 6) is 1.78. The second-order valence-electron chi connectivity index (χ2n) is 10.1. The summed E-state index contributed by atoms with van der Waals surface area (Å²) >= 11 is 17.5. The van der Waals surface area contributed by atoms with Crippen molar-refractivity contribution in [3.05, 3.63) is 98.2 Å². The zero-order chi connectivity index (χ0) is 27.3. The fourth-order valence-electron chi connectivity index (χ4n) is 5.23. The van der Waals surface area contributed by atoms with E-state index in [0.717, 1.165) is 29.7 Å². The van der Waals surface area contributed by atoms with Crippen LogP contribution >= 0.6 is 34.8 Å². The van der Waals surface area contributed by atoms with Gasteiger partial charge in [0.25, 0.3) is 0 Å². The van der Waals surface area contributed by atoms with E-state index in [4.69, 9.17) is 44.1 Å². The van der Waals surface area contributed by atoms with Crippen molar-refractivity contribution in [2.75, 3.05) is 0 Å². The third-order valence-electron chi connectivity index (χ3n) is 7.51. The SMILES string of the molecule is O=S(O)c1ccc(C2CC(O)(c3ccc(OCc4c(-c5c(Cl)cccc5Cl)noc4C4CC4)cc3Cl)C2)cc1.[NaH]. The quantitative estimate of drug-likeness (QED) is 0.156. The van der Waals surface area contributed by atoms with E-state index in [0.29, 0.717) is 61.3 Å². The summed E-state index contributed by atoms with van der Waals surface area (Å²) in [6.45, 7) is 0.197. The standard InChI is InChI=1S/C29H24Cl3NO5S.Na.H/c30-23-2-1-3-24(31)26(23)27-21(28(38-33-27)17-4-5-17)15-37-19-8-11-22(25(32)12-19)29(34)13-18(14-29)16-6-9-20(10-7-16)39(35)36;;/h1-3,6-12,17-18,34H,4-5,13-15H2,(H,35,36);;. The van der Waals surface area contributed by atoms with E-state index in [1.165, 1.54) is 0 Å². The third kappa shape index (κ3) is 5.91. The Balaban J connectivity index is 0.00000323. The van der Waals surface area contributed by atoms with Gasteiger partial charge in [-0.1, -0.05) is 64.2 Å². The molecule has 0 saturated heterocycles. The normalized spacial score (nSPS) is 20.9. The van der Waals surface area contributed by atoms with Crippen molar-refractivity contribution in [2.45, 2.75) is 54.6 Å². The number of hydrogen-bond acceptors (Lipinski definition) is 5. The van der Waals surface area contributed by atoms with E-state index in [-0.39, 0.29) is 42.1 Å². The minimum atomic E-state index is -2.01. The van der Waals surface area contributed by atoms with Crippen molar-refractivity contribution in [3.8, 4) is 17.0 Å². The number of ether oxygens (including phenoxy) is 1. The molecular formula is C29H25Cl3NNaO5S. The maximum atomic E-state index is 11.3. The van der Waals surface area contributed by atoms with Gasteiger partial charge in [0.05, 0.1) is 31.1 Å². The van der Waals surface area contributed by atoms with Gasteiger partial charge in [0.1, 0.15) is 23.8 Å². The van der Waals surface area contributed by atoms with Gasteiger partial charge in [0.15, 0.2) is 11.1 Å². The Morgan fingerprint density at radius 3 is 2.25 bits per heavy atom. The van der Waals surface area contributed by atoms with Gasteiger partial charge in [-0.15, -0.1) is 0 Å². The Morgan fingerprint density at radius 2 is 1.65 bits per heavy atom. The molecule has 3 aromatic carbocycles. The molecule has 0 radical (unpaired) electrons. The molecule has 6 rings (SSSR count). The first kappa shape index (κ1) is 30.1. The van der Waals surface area contributed by atoms with Crippen LogP contribution in [0.5, 0.6) is 5.75 Å². The fourth-order valence-corrected chi connectivity index (χ4v) is 6.53. The van der Waals surface area contributed by atoms with E-state index in [9.17, 15) is 13.9 Å². The molecule has 4 aromatic rings. The van der Waals surface area contributed by atoms with Crippen molar-refractivity contribution in [2.24, 2.45) is 0 Å². The van der Waals surface area contributed by atoms with Crippen LogP contribution in [0.25, 0.3) is 11.3 Å². The first-order valence-electron chi connectivity index (χ1n) is 12.5. The number of halogens is 3. The van der Waals surface area contributed by atoms with Crippen molar-refractivity contribution in [1.82, 2.24) is 5.16 Å². The van der Waals surface area contributed by atoms with Gasteiger partial charge in [-0.3, -0.25) is 0 Å². The summed E-state index contributed by atoms with van der Waals surface area (Å²) in [5, 5.41) is 17.0. The van der Waals surface area contributed by atoms with E-state index in [1.807, 2.05) is 12.1 Å². The number of aliphatic hydroxyl groups is 1. The predicted molar refractivity (Wildman–Crippen MR) is 158 cm³/mol. The van der Waals surface area contributed by atoms with Crippen LogP contribution < -0.4 is 4.74 Å². The predicted octanol–water partition coefficient (Wildman–Crippen LogP) is 7.46. The van der Waals surface area contributed by atoms with Crippen LogP contribution in [0.3, 0.4) is 0 Å². The second kappa shape index (κ2) is 12.1. The summed E-state index contributed by atoms with van der Waals surface area (Å²) in [6.07, 6.45) is 3.07. The number of benzene rings is 3. The zero-order valence-electron chi connectivity index (χ0n) is 20.6. The van der Waals surface area contributed by atoms with Gasteiger partial charge in [-0.05, 0) is 73.6 Å². The molecule has 2 aliphatic rings. The summed E-state index contributed by atoms with van der Waals surface area (Å²) in [6, 6.07) is 17.5. The van der Waals surface area contributed by atoms with E-state index < -0.39 is 16.7 Å². The Hall–Kier alpha value is -1.39. The molecule has 1 atom stereocenters. The van der Waals surface area contributed by atoms with Gasteiger partial charge in [-0.2, -0.15) is 0 Å². The van der Waals surface area contributed by atoms with Gasteiger partial charge < -0.3 is 18.9 Å². The molecule has 2 saturated carbocycles. The van der Waals surface area contributed by atoms with Crippen molar-refractivity contribution < 1.29 is 23.1 Å². The molecule has 2 N–H and O–H groups in total. The van der Waals surface area contributed by atoms with Gasteiger partial charge in [-0.25, -0.2) is 4.21 Å². The van der Waals surface area contributed by atoms with E-state index in [1.54, 1.807) is 48.5 Å². The molecule has 1 heterocycles. The molecule has 1 aromatic heterocycles. The van der Waals surface area contributed by atoms with Crippen molar-refractivity contribution in [3.63, 3.8) is 0 Å². The molecule has 1 unspecified atom stereocenters. The summed E-state index contributed by atoms with van der Waals surface area (Å²) in [7, 11) is 0. The molecule has 6 nitrogen and oxygen atoms in total. The summed E-state index contributed by atoms with van der Waals surface area (Å²) in [5.41, 5.74) is 2.60. The van der Waals surface area contributed by atoms with E-state index >= 15 is 0 Å². The van der Waals surface area contributed by atoms with E-state index in [2.05, 4.69) is 5.16 Å². The van der Waals surface area contributed by atoms with Crippen molar-refractivity contribution in [1.29, 1.82) is 0 Å². The second-order valence-corrected chi connectivity index (χ2v) is 12.3. The first-order valence-corrected chi connectivity index (χ1v) is 14.8. The fraction of sp³-hybridized carbons (Fsp3) is 0.276. The first-order chi connectivity index (χ1) is 18.7. The topological polar surface area (TPSA) is 92.8 Å². The molecule has 40 heavy (non-hydrogen) atoms. The van der Waals surface area contributed by atoms with Gasteiger partial charge in [0.2, 0.25) is 0 Å². The molecule has 0 bridgehead atoms. The Morgan fingerprint density at radius 1 is 0.975 bits per heavy atom. The summed E-state index contributed by atoms with van der Waals surface area (Å²) < 4.78 is 32.3. The molecule has 204 valence electrons. The van der Waals surface area contributed by atoms with Crippen LogP contribution in [0.2, 0.25) is 15.1 Å². The van der Waals surface area contributed by atoms with Crippen LogP contribution in [-0.2, 0) is 23.3 Å². The maximum absolute atomic E-state index is 11.3. The molecule has 0 amide bonds. The average molecular weight is 629 g/mol. The summed E-state index contributed by atoms with van der Waals surface area (Å²) in [4.78, 5) is 0.351. The number of nitrogens with zero attached hydrogens (tertiary/aromatic N) is 1. The van der Waals surface area contributed by atoms with Crippen LogP contribution in [0, 0.1) is 0 Å². The molecule has 11 heteroatoms. The minimum absolute atomic E-state index is 0. The van der Waals surface area contributed by atoms with Crippen LogP contribution in [0.1, 0.15) is 60.0 Å². The molecule has 0 spiro atoms. The Bertz CT molecular complexity index is 1550. The number of rotatable bonds is 8. The van der Waals surface area contributed by atoms with Crippen molar-refractivity contribution >= 4 is 75.4 Å². The Labute approximate surface area is 271 Å². The number of hydrogen-bond donors (Lipinski definition) is 2. The monoisotopic (exact) mass is 627 g/mol. The Kier molecular flexibility index (Phi) is 9.08. The zero-order valence-corrected chi connectivity index (χ0v) is 23.7. The molecule has 2 fully saturated rings. The van der Waals surface area contributed by atoms with Gasteiger partial charge >= 0.3 is 29.6 Å². The molecule has 2 aliphatic carbocycles. The molecule has 0 aliphatic heterocycles. The van der Waals surface area contributed by atoms with Crippen LogP contribution in [-0.4, -0.2) is 48.6 Å². The molecular weight excluding hydrogens is 604 g/mol.